The summed E-state index contributed by atoms with van der Waals surface area (Å²) in [5.74, 6) is -0.218. The molecule has 1 atom stereocenters. The highest BCUT2D eigenvalue weighted by atomic mass is 35.5. The fraction of sp³-hybridized carbons (Fsp3) is 0.300. The van der Waals surface area contributed by atoms with Gasteiger partial charge in [0.05, 0.1) is 7.11 Å². The van der Waals surface area contributed by atoms with Crippen LogP contribution < -0.4 is 5.32 Å². The van der Waals surface area contributed by atoms with Crippen LogP contribution in [0.2, 0.25) is 0 Å². The Morgan fingerprint density at radius 3 is 2.93 bits per heavy atom. The van der Waals surface area contributed by atoms with Crippen LogP contribution in [-0.4, -0.2) is 13.1 Å². The van der Waals surface area contributed by atoms with Gasteiger partial charge in [0.2, 0.25) is 0 Å². The van der Waals surface area contributed by atoms with E-state index in [1.165, 1.54) is 12.7 Å². The first kappa shape index (κ1) is 11.0. The molecule has 14 heavy (non-hydrogen) atoms. The molecule has 0 spiro atoms. The number of hydrogen-bond donors (Lipinski definition) is 1. The molecule has 76 valence electrons. The average molecular weight is 214 g/mol. The number of halogens is 1. The van der Waals surface area contributed by atoms with E-state index in [9.17, 15) is 4.79 Å². The zero-order valence-corrected chi connectivity index (χ0v) is 8.64. The van der Waals surface area contributed by atoms with E-state index in [1.807, 2.05) is 24.3 Å². The summed E-state index contributed by atoms with van der Waals surface area (Å²) in [5.41, 5.74) is 2.22. The first-order valence-electron chi connectivity index (χ1n) is 4.22. The number of nitrogens with one attached hydrogen (secondary N) is 1. The highest BCUT2D eigenvalue weighted by Crippen LogP contribution is 2.25. The Labute approximate surface area is 88.9 Å². The normalized spacial score (nSPS) is 18.2. The summed E-state index contributed by atoms with van der Waals surface area (Å²) < 4.78 is 4.69. The van der Waals surface area contributed by atoms with Gasteiger partial charge in [-0.3, -0.25) is 5.32 Å². The van der Waals surface area contributed by atoms with Gasteiger partial charge in [-0.2, -0.15) is 0 Å². The van der Waals surface area contributed by atoms with Gasteiger partial charge in [-0.05, 0) is 11.1 Å². The zero-order chi connectivity index (χ0) is 9.26. The Balaban J connectivity index is 0.000000980. The maximum absolute atomic E-state index is 11.3. The van der Waals surface area contributed by atoms with Gasteiger partial charge < -0.3 is 4.74 Å². The summed E-state index contributed by atoms with van der Waals surface area (Å²) >= 11 is 0. The lowest BCUT2D eigenvalue weighted by atomic mass is 10.1. The lowest BCUT2D eigenvalue weighted by molar-refractivity contribution is -0.143. The number of benzene rings is 1. The zero-order valence-electron chi connectivity index (χ0n) is 7.82. The highest BCUT2D eigenvalue weighted by molar-refractivity contribution is 5.85. The fourth-order valence-corrected chi connectivity index (χ4v) is 1.63. The van der Waals surface area contributed by atoms with Crippen molar-refractivity contribution in [3.63, 3.8) is 0 Å². The van der Waals surface area contributed by atoms with Crippen LogP contribution in [-0.2, 0) is 16.1 Å². The molecule has 0 amide bonds. The molecule has 0 radical (unpaired) electrons. The van der Waals surface area contributed by atoms with E-state index in [-0.39, 0.29) is 24.4 Å². The minimum atomic E-state index is -0.277. The van der Waals surface area contributed by atoms with Gasteiger partial charge in [-0.15, -0.1) is 12.4 Å². The predicted molar refractivity (Wildman–Crippen MR) is 55.3 cm³/mol. The standard InChI is InChI=1S/C10H11NO2.ClH/c1-13-10(12)9-8-5-3-2-4-7(8)6-11-9;/h2-5,9,11H,6H2,1H3;1H. The van der Waals surface area contributed by atoms with Crippen molar-refractivity contribution in [1.82, 2.24) is 5.32 Å². The van der Waals surface area contributed by atoms with E-state index < -0.39 is 0 Å². The van der Waals surface area contributed by atoms with Crippen LogP contribution in [0.5, 0.6) is 0 Å². The molecule has 1 aliphatic heterocycles. The number of methoxy groups -OCH3 is 1. The Morgan fingerprint density at radius 2 is 2.21 bits per heavy atom. The molecule has 1 aliphatic rings. The molecule has 2 rings (SSSR count). The number of hydrogen-bond acceptors (Lipinski definition) is 3. The first-order valence-corrected chi connectivity index (χ1v) is 4.22. The van der Waals surface area contributed by atoms with Crippen LogP contribution in [0.3, 0.4) is 0 Å². The number of ether oxygens (including phenoxy) is 1. The number of carbonyl (C=O) groups excluding carboxylic acids is 1. The molecule has 0 fully saturated rings. The highest BCUT2D eigenvalue weighted by Gasteiger charge is 2.27. The van der Waals surface area contributed by atoms with Crippen molar-refractivity contribution >= 4 is 18.4 Å². The van der Waals surface area contributed by atoms with E-state index in [0.29, 0.717) is 0 Å². The van der Waals surface area contributed by atoms with Crippen molar-refractivity contribution < 1.29 is 9.53 Å². The molecule has 0 aromatic heterocycles. The topological polar surface area (TPSA) is 38.3 Å². The summed E-state index contributed by atoms with van der Waals surface area (Å²) in [5, 5.41) is 3.10. The summed E-state index contributed by atoms with van der Waals surface area (Å²) in [6.07, 6.45) is 0. The van der Waals surface area contributed by atoms with Crippen LogP contribution in [0, 0.1) is 0 Å². The number of carbonyl (C=O) groups is 1. The first-order chi connectivity index (χ1) is 6.33. The fourth-order valence-electron chi connectivity index (χ4n) is 1.63. The molecule has 1 N–H and O–H groups in total. The molecule has 1 heterocycles. The second-order valence-electron chi connectivity index (χ2n) is 3.04. The van der Waals surface area contributed by atoms with Crippen LogP contribution in [0.25, 0.3) is 0 Å². The van der Waals surface area contributed by atoms with Gasteiger partial charge in [0.1, 0.15) is 6.04 Å². The summed E-state index contributed by atoms with van der Waals surface area (Å²) in [7, 11) is 1.41. The quantitative estimate of drug-likeness (QED) is 0.718. The van der Waals surface area contributed by atoms with Crippen molar-refractivity contribution in [2.24, 2.45) is 0 Å². The number of esters is 1. The molecule has 3 nitrogen and oxygen atoms in total. The smallest absolute Gasteiger partial charge is 0.327 e. The Morgan fingerprint density at radius 1 is 1.50 bits per heavy atom. The average Bonchev–Trinajstić information content (AvgIpc) is 2.60. The molecular weight excluding hydrogens is 202 g/mol. The molecule has 1 unspecified atom stereocenters. The minimum absolute atomic E-state index is 0. The maximum Gasteiger partial charge on any atom is 0.327 e. The molecular formula is C10H12ClNO2. The molecule has 1 aromatic rings. The molecule has 1 aromatic carbocycles. The van der Waals surface area contributed by atoms with Crippen molar-refractivity contribution in [1.29, 1.82) is 0 Å². The monoisotopic (exact) mass is 213 g/mol. The molecule has 0 aliphatic carbocycles. The van der Waals surface area contributed by atoms with Gasteiger partial charge in [0.25, 0.3) is 0 Å². The van der Waals surface area contributed by atoms with Crippen LogP contribution >= 0.6 is 12.4 Å². The second-order valence-corrected chi connectivity index (χ2v) is 3.04. The summed E-state index contributed by atoms with van der Waals surface area (Å²) in [6.45, 7) is 0.746. The van der Waals surface area contributed by atoms with Crippen LogP contribution in [0.4, 0.5) is 0 Å². The van der Waals surface area contributed by atoms with Crippen molar-refractivity contribution in [3.8, 4) is 0 Å². The molecule has 0 bridgehead atoms. The number of rotatable bonds is 1. The lowest BCUT2D eigenvalue weighted by Gasteiger charge is -2.08. The van der Waals surface area contributed by atoms with Gasteiger partial charge in [0, 0.05) is 6.54 Å². The van der Waals surface area contributed by atoms with E-state index in [0.717, 1.165) is 12.1 Å². The van der Waals surface area contributed by atoms with Gasteiger partial charge in [0.15, 0.2) is 0 Å². The third-order valence-corrected chi connectivity index (χ3v) is 2.30. The third kappa shape index (κ3) is 1.74. The van der Waals surface area contributed by atoms with E-state index in [1.54, 1.807) is 0 Å². The minimum Gasteiger partial charge on any atom is -0.468 e. The Bertz CT molecular complexity index is 341. The second kappa shape index (κ2) is 4.44. The van der Waals surface area contributed by atoms with E-state index in [2.05, 4.69) is 10.1 Å². The Hall–Kier alpha value is -1.06. The Kier molecular flexibility index (Phi) is 3.49. The summed E-state index contributed by atoms with van der Waals surface area (Å²) in [4.78, 5) is 11.3. The van der Waals surface area contributed by atoms with E-state index >= 15 is 0 Å². The number of fused-ring (bicyclic) bond motifs is 1. The molecule has 4 heteroatoms. The SMILES string of the molecule is COC(=O)C1NCc2ccccc21.Cl. The summed E-state index contributed by atoms with van der Waals surface area (Å²) in [6, 6.07) is 7.60. The molecule has 0 saturated heterocycles. The van der Waals surface area contributed by atoms with Gasteiger partial charge >= 0.3 is 5.97 Å². The van der Waals surface area contributed by atoms with E-state index in [4.69, 9.17) is 0 Å². The van der Waals surface area contributed by atoms with Gasteiger partial charge in [-0.1, -0.05) is 24.3 Å². The van der Waals surface area contributed by atoms with Crippen LogP contribution in [0.15, 0.2) is 24.3 Å². The lowest BCUT2D eigenvalue weighted by Crippen LogP contribution is -2.22. The maximum atomic E-state index is 11.3. The van der Waals surface area contributed by atoms with Crippen LogP contribution in [0.1, 0.15) is 17.2 Å². The van der Waals surface area contributed by atoms with Gasteiger partial charge in [-0.25, -0.2) is 4.79 Å². The van der Waals surface area contributed by atoms with Crippen molar-refractivity contribution in [3.05, 3.63) is 35.4 Å². The predicted octanol–water partition coefficient (Wildman–Crippen LogP) is 1.43. The van der Waals surface area contributed by atoms with Crippen molar-refractivity contribution in [2.45, 2.75) is 12.6 Å². The third-order valence-electron chi connectivity index (χ3n) is 2.30. The van der Waals surface area contributed by atoms with Crippen molar-refractivity contribution in [2.75, 3.05) is 7.11 Å². The molecule has 0 saturated carbocycles. The largest absolute Gasteiger partial charge is 0.468 e.